The molecule has 1 aromatic heterocycles. The number of halogens is 1. The van der Waals surface area contributed by atoms with Gasteiger partial charge < -0.3 is 14.3 Å². The zero-order chi connectivity index (χ0) is 12.3. The highest BCUT2D eigenvalue weighted by Gasteiger charge is 2.08. The summed E-state index contributed by atoms with van der Waals surface area (Å²) < 4.78 is 11.5. The highest BCUT2D eigenvalue weighted by molar-refractivity contribution is 9.10. The van der Waals surface area contributed by atoms with Crippen LogP contribution >= 0.6 is 15.9 Å². The van der Waals surface area contributed by atoms with Crippen LogP contribution in [0.15, 0.2) is 45.3 Å². The molecule has 0 atom stereocenters. The minimum Gasteiger partial charge on any atom is -0.486 e. The fourth-order valence-corrected chi connectivity index (χ4v) is 1.52. The number of hydrogen-bond donors (Lipinski definition) is 1. The molecule has 0 aliphatic carbocycles. The number of ether oxygens (including phenoxy) is 1. The Morgan fingerprint density at radius 3 is 2.53 bits per heavy atom. The Labute approximate surface area is 106 Å². The van der Waals surface area contributed by atoms with E-state index < -0.39 is 5.97 Å². The van der Waals surface area contributed by atoms with Gasteiger partial charge in [-0.25, -0.2) is 4.79 Å². The van der Waals surface area contributed by atoms with Crippen molar-refractivity contribution in [3.8, 4) is 5.75 Å². The molecule has 1 heterocycles. The van der Waals surface area contributed by atoms with Crippen LogP contribution in [0, 0.1) is 0 Å². The number of furan rings is 1. The van der Waals surface area contributed by atoms with Crippen molar-refractivity contribution < 1.29 is 19.1 Å². The van der Waals surface area contributed by atoms with E-state index in [0.717, 1.165) is 4.47 Å². The molecule has 2 rings (SSSR count). The summed E-state index contributed by atoms with van der Waals surface area (Å²) >= 11 is 3.32. The highest BCUT2D eigenvalue weighted by Crippen LogP contribution is 2.18. The van der Waals surface area contributed by atoms with Gasteiger partial charge in [-0.05, 0) is 36.4 Å². The molecule has 0 aliphatic heterocycles. The molecule has 2 aromatic rings. The van der Waals surface area contributed by atoms with Crippen LogP contribution in [0.4, 0.5) is 0 Å². The van der Waals surface area contributed by atoms with Crippen LogP contribution in [-0.4, -0.2) is 11.1 Å². The predicted molar refractivity (Wildman–Crippen MR) is 64.1 cm³/mol. The number of hydrogen-bond acceptors (Lipinski definition) is 3. The maximum absolute atomic E-state index is 10.6. The van der Waals surface area contributed by atoms with Gasteiger partial charge in [-0.1, -0.05) is 15.9 Å². The van der Waals surface area contributed by atoms with Crippen LogP contribution in [0.1, 0.15) is 16.3 Å². The van der Waals surface area contributed by atoms with E-state index in [4.69, 9.17) is 14.3 Å². The van der Waals surface area contributed by atoms with Gasteiger partial charge in [0.2, 0.25) is 5.76 Å². The zero-order valence-electron chi connectivity index (χ0n) is 8.72. The molecule has 17 heavy (non-hydrogen) atoms. The fraction of sp³-hybridized carbons (Fsp3) is 0.0833. The lowest BCUT2D eigenvalue weighted by molar-refractivity contribution is 0.0658. The maximum Gasteiger partial charge on any atom is 0.371 e. The van der Waals surface area contributed by atoms with Gasteiger partial charge in [-0.2, -0.15) is 0 Å². The number of carboxylic acids is 1. The Hall–Kier alpha value is -1.75. The molecule has 0 saturated heterocycles. The number of carbonyl (C=O) groups is 1. The van der Waals surface area contributed by atoms with E-state index in [-0.39, 0.29) is 12.4 Å². The third-order valence-electron chi connectivity index (χ3n) is 2.07. The Morgan fingerprint density at radius 1 is 1.24 bits per heavy atom. The minimum atomic E-state index is -1.08. The minimum absolute atomic E-state index is 0.0839. The van der Waals surface area contributed by atoms with Crippen molar-refractivity contribution in [2.45, 2.75) is 6.61 Å². The largest absolute Gasteiger partial charge is 0.486 e. The molecule has 1 N–H and O–H groups in total. The van der Waals surface area contributed by atoms with Crippen LogP contribution in [0.5, 0.6) is 5.75 Å². The summed E-state index contributed by atoms with van der Waals surface area (Å²) in [7, 11) is 0. The summed E-state index contributed by atoms with van der Waals surface area (Å²) in [6.45, 7) is 0.203. The molecule has 0 fully saturated rings. The first-order chi connectivity index (χ1) is 8.15. The lowest BCUT2D eigenvalue weighted by Gasteiger charge is -2.03. The lowest BCUT2D eigenvalue weighted by Crippen LogP contribution is -1.95. The average Bonchev–Trinajstić information content (AvgIpc) is 2.77. The van der Waals surface area contributed by atoms with Crippen LogP contribution in [0.2, 0.25) is 0 Å². The van der Waals surface area contributed by atoms with Crippen molar-refractivity contribution in [2.75, 3.05) is 0 Å². The van der Waals surface area contributed by atoms with E-state index in [0.29, 0.717) is 11.5 Å². The molecule has 5 heteroatoms. The molecule has 0 aliphatic rings. The van der Waals surface area contributed by atoms with Crippen molar-refractivity contribution in [2.24, 2.45) is 0 Å². The van der Waals surface area contributed by atoms with Crippen LogP contribution in [0.3, 0.4) is 0 Å². The van der Waals surface area contributed by atoms with E-state index in [2.05, 4.69) is 15.9 Å². The Morgan fingerprint density at radius 2 is 1.94 bits per heavy atom. The van der Waals surface area contributed by atoms with E-state index in [1.165, 1.54) is 6.07 Å². The SMILES string of the molecule is O=C(O)c1ccc(COc2ccc(Br)cc2)o1. The zero-order valence-corrected chi connectivity index (χ0v) is 10.3. The summed E-state index contributed by atoms with van der Waals surface area (Å²) in [6.07, 6.45) is 0. The molecule has 0 bridgehead atoms. The first kappa shape index (κ1) is 11.7. The predicted octanol–water partition coefficient (Wildman–Crippen LogP) is 3.32. The second-order valence-corrected chi connectivity index (χ2v) is 4.23. The standard InChI is InChI=1S/C12H9BrO4/c13-8-1-3-9(4-2-8)16-7-10-5-6-11(17-10)12(14)15/h1-6H,7H2,(H,14,15). The van der Waals surface area contributed by atoms with Gasteiger partial charge in [0.05, 0.1) is 0 Å². The average molecular weight is 297 g/mol. The topological polar surface area (TPSA) is 59.7 Å². The summed E-state index contributed by atoms with van der Waals surface area (Å²) in [5.74, 6) is 0.00564. The fourth-order valence-electron chi connectivity index (χ4n) is 1.26. The number of carboxylic acid groups (broad SMARTS) is 1. The first-order valence-corrected chi connectivity index (χ1v) is 5.65. The van der Waals surface area contributed by atoms with E-state index >= 15 is 0 Å². The maximum atomic E-state index is 10.6. The summed E-state index contributed by atoms with van der Waals surface area (Å²) in [6, 6.07) is 10.3. The van der Waals surface area contributed by atoms with Crippen molar-refractivity contribution in [3.63, 3.8) is 0 Å². The van der Waals surface area contributed by atoms with Gasteiger partial charge >= 0.3 is 5.97 Å². The number of aromatic carboxylic acids is 1. The quantitative estimate of drug-likeness (QED) is 0.940. The first-order valence-electron chi connectivity index (χ1n) is 4.85. The van der Waals surface area contributed by atoms with E-state index in [9.17, 15) is 4.79 Å². The molecule has 0 spiro atoms. The van der Waals surface area contributed by atoms with Gasteiger partial charge in [0.15, 0.2) is 0 Å². The Kier molecular flexibility index (Phi) is 3.49. The summed E-state index contributed by atoms with van der Waals surface area (Å²) in [5.41, 5.74) is 0. The van der Waals surface area contributed by atoms with E-state index in [1.54, 1.807) is 6.07 Å². The smallest absolute Gasteiger partial charge is 0.371 e. The second kappa shape index (κ2) is 5.05. The summed E-state index contributed by atoms with van der Waals surface area (Å²) in [5, 5.41) is 8.67. The van der Waals surface area contributed by atoms with Crippen LogP contribution in [-0.2, 0) is 6.61 Å². The molecule has 88 valence electrons. The molecular weight excluding hydrogens is 288 g/mol. The molecule has 0 amide bonds. The normalized spacial score (nSPS) is 10.2. The molecular formula is C12H9BrO4. The van der Waals surface area contributed by atoms with Crippen LogP contribution in [0.25, 0.3) is 0 Å². The molecule has 0 saturated carbocycles. The van der Waals surface area contributed by atoms with Gasteiger partial charge in [0.1, 0.15) is 18.1 Å². The van der Waals surface area contributed by atoms with Gasteiger partial charge in [0, 0.05) is 4.47 Å². The molecule has 1 aromatic carbocycles. The molecule has 0 radical (unpaired) electrons. The highest BCUT2D eigenvalue weighted by atomic mass is 79.9. The second-order valence-electron chi connectivity index (χ2n) is 3.31. The van der Waals surface area contributed by atoms with Crippen molar-refractivity contribution >= 4 is 21.9 Å². The Bertz CT molecular complexity index is 516. The van der Waals surface area contributed by atoms with Gasteiger partial charge in [0.25, 0.3) is 0 Å². The third kappa shape index (κ3) is 3.10. The van der Waals surface area contributed by atoms with E-state index in [1.807, 2.05) is 24.3 Å². The van der Waals surface area contributed by atoms with Gasteiger partial charge in [-0.3, -0.25) is 0 Å². The monoisotopic (exact) mass is 296 g/mol. The van der Waals surface area contributed by atoms with Gasteiger partial charge in [-0.15, -0.1) is 0 Å². The van der Waals surface area contributed by atoms with Crippen molar-refractivity contribution in [1.29, 1.82) is 0 Å². The van der Waals surface area contributed by atoms with Crippen molar-refractivity contribution in [3.05, 3.63) is 52.4 Å². The van der Waals surface area contributed by atoms with Crippen LogP contribution < -0.4 is 4.74 Å². The lowest BCUT2D eigenvalue weighted by atomic mass is 10.3. The number of rotatable bonds is 4. The molecule has 4 nitrogen and oxygen atoms in total. The van der Waals surface area contributed by atoms with Crippen molar-refractivity contribution in [1.82, 2.24) is 0 Å². The summed E-state index contributed by atoms with van der Waals surface area (Å²) in [4.78, 5) is 10.6. The molecule has 0 unspecified atom stereocenters. The number of benzene rings is 1. The third-order valence-corrected chi connectivity index (χ3v) is 2.60. The Balaban J connectivity index is 1.97.